The van der Waals surface area contributed by atoms with Crippen molar-refractivity contribution in [2.24, 2.45) is 0 Å². The number of carbonyl (C=O) groups is 1. The lowest BCUT2D eigenvalue weighted by atomic mass is 9.96. The smallest absolute Gasteiger partial charge is 0.227 e. The van der Waals surface area contributed by atoms with Crippen LogP contribution in [-0.2, 0) is 16.6 Å². The van der Waals surface area contributed by atoms with Gasteiger partial charge < -0.3 is 9.84 Å². The van der Waals surface area contributed by atoms with E-state index in [0.29, 0.717) is 24.6 Å². The quantitative estimate of drug-likeness (QED) is 0.918. The maximum atomic E-state index is 12.0. The van der Waals surface area contributed by atoms with E-state index in [0.717, 1.165) is 5.56 Å². The summed E-state index contributed by atoms with van der Waals surface area (Å²) in [5.74, 6) is 1.10. The number of rotatable bonds is 5. The minimum Gasteiger partial charge on any atom is -0.350 e. The fourth-order valence-electron chi connectivity index (χ4n) is 1.91. The van der Waals surface area contributed by atoms with E-state index in [9.17, 15) is 4.79 Å². The number of hydrogen-bond donors (Lipinski definition) is 1. The zero-order valence-corrected chi connectivity index (χ0v) is 13.5. The van der Waals surface area contributed by atoms with E-state index in [-0.39, 0.29) is 17.4 Å². The van der Waals surface area contributed by atoms with Gasteiger partial charge in [0.05, 0.1) is 6.04 Å². The third-order valence-corrected chi connectivity index (χ3v) is 3.27. The van der Waals surface area contributed by atoms with Gasteiger partial charge in [-0.05, 0) is 18.6 Å². The number of pyridine rings is 1. The molecule has 0 aliphatic carbocycles. The maximum absolute atomic E-state index is 12.0. The van der Waals surface area contributed by atoms with Gasteiger partial charge in [-0.3, -0.25) is 9.78 Å². The molecule has 0 saturated heterocycles. The Morgan fingerprint density at radius 2 is 2.18 bits per heavy atom. The molecule has 22 heavy (non-hydrogen) atoms. The lowest BCUT2D eigenvalue weighted by molar-refractivity contribution is -0.121. The zero-order valence-electron chi connectivity index (χ0n) is 13.5. The van der Waals surface area contributed by atoms with Crippen LogP contribution in [0.15, 0.2) is 29.0 Å². The van der Waals surface area contributed by atoms with Crippen LogP contribution in [0.1, 0.15) is 57.4 Å². The molecule has 0 spiro atoms. The molecule has 2 rings (SSSR count). The summed E-state index contributed by atoms with van der Waals surface area (Å²) in [7, 11) is 0. The molecule has 0 unspecified atom stereocenters. The number of amides is 1. The van der Waals surface area contributed by atoms with Gasteiger partial charge in [-0.2, -0.15) is 4.98 Å². The van der Waals surface area contributed by atoms with Gasteiger partial charge in [0.25, 0.3) is 0 Å². The highest BCUT2D eigenvalue weighted by Crippen LogP contribution is 2.18. The molecule has 1 amide bonds. The van der Waals surface area contributed by atoms with Gasteiger partial charge in [0.2, 0.25) is 11.8 Å². The van der Waals surface area contributed by atoms with Crippen molar-refractivity contribution in [1.82, 2.24) is 20.4 Å². The second-order valence-corrected chi connectivity index (χ2v) is 6.34. The first-order valence-corrected chi connectivity index (χ1v) is 7.38. The van der Waals surface area contributed by atoms with Crippen LogP contribution >= 0.6 is 0 Å². The van der Waals surface area contributed by atoms with Crippen molar-refractivity contribution in [2.45, 2.75) is 52.0 Å². The van der Waals surface area contributed by atoms with Crippen LogP contribution in [0.3, 0.4) is 0 Å². The van der Waals surface area contributed by atoms with Crippen LogP contribution in [0.4, 0.5) is 0 Å². The SMILES string of the molecule is C[C@@H](NC(=O)CCc1nc(C(C)(C)C)no1)c1cccnc1. The molecule has 1 atom stereocenters. The third kappa shape index (κ3) is 4.38. The van der Waals surface area contributed by atoms with Gasteiger partial charge in [-0.15, -0.1) is 0 Å². The molecule has 2 aromatic rings. The van der Waals surface area contributed by atoms with Crippen LogP contribution in [0.25, 0.3) is 0 Å². The summed E-state index contributed by atoms with van der Waals surface area (Å²) in [4.78, 5) is 20.4. The highest BCUT2D eigenvalue weighted by atomic mass is 16.5. The van der Waals surface area contributed by atoms with Crippen molar-refractivity contribution in [2.75, 3.05) is 0 Å². The number of aromatic nitrogens is 3. The summed E-state index contributed by atoms with van der Waals surface area (Å²) in [6, 6.07) is 3.71. The normalized spacial score (nSPS) is 12.9. The number of hydrogen-bond acceptors (Lipinski definition) is 5. The molecule has 118 valence electrons. The first-order valence-electron chi connectivity index (χ1n) is 7.38. The van der Waals surface area contributed by atoms with Gasteiger partial charge in [-0.25, -0.2) is 0 Å². The molecule has 2 heterocycles. The van der Waals surface area contributed by atoms with Crippen LogP contribution < -0.4 is 5.32 Å². The maximum Gasteiger partial charge on any atom is 0.227 e. The van der Waals surface area contributed by atoms with E-state index in [4.69, 9.17) is 4.52 Å². The molecular weight excluding hydrogens is 280 g/mol. The van der Waals surface area contributed by atoms with Gasteiger partial charge in [0.15, 0.2) is 5.82 Å². The Hall–Kier alpha value is -2.24. The summed E-state index contributed by atoms with van der Waals surface area (Å²) >= 11 is 0. The van der Waals surface area contributed by atoms with Crippen molar-refractivity contribution in [1.29, 1.82) is 0 Å². The Labute approximate surface area is 130 Å². The van der Waals surface area contributed by atoms with E-state index >= 15 is 0 Å². The second-order valence-electron chi connectivity index (χ2n) is 6.34. The van der Waals surface area contributed by atoms with E-state index in [1.807, 2.05) is 39.8 Å². The van der Waals surface area contributed by atoms with Crippen LogP contribution in [-0.4, -0.2) is 21.0 Å². The monoisotopic (exact) mass is 302 g/mol. The first kappa shape index (κ1) is 16.1. The Morgan fingerprint density at radius 1 is 1.41 bits per heavy atom. The molecule has 1 N–H and O–H groups in total. The minimum absolute atomic E-state index is 0.0492. The van der Waals surface area contributed by atoms with Crippen molar-refractivity contribution in [3.8, 4) is 0 Å². The number of nitrogens with zero attached hydrogens (tertiary/aromatic N) is 3. The van der Waals surface area contributed by atoms with Gasteiger partial charge in [-0.1, -0.05) is 32.0 Å². The Bertz CT molecular complexity index is 617. The topological polar surface area (TPSA) is 80.9 Å². The molecule has 0 aliphatic heterocycles. The lowest BCUT2D eigenvalue weighted by Crippen LogP contribution is -2.26. The van der Waals surface area contributed by atoms with Crippen LogP contribution in [0, 0.1) is 0 Å². The Balaban J connectivity index is 1.84. The fourth-order valence-corrected chi connectivity index (χ4v) is 1.91. The summed E-state index contributed by atoms with van der Waals surface area (Å²) in [5.41, 5.74) is 0.822. The van der Waals surface area contributed by atoms with E-state index in [1.54, 1.807) is 12.4 Å². The van der Waals surface area contributed by atoms with E-state index in [2.05, 4.69) is 20.4 Å². The molecule has 0 aromatic carbocycles. The van der Waals surface area contributed by atoms with Gasteiger partial charge >= 0.3 is 0 Å². The predicted molar refractivity (Wildman–Crippen MR) is 82.1 cm³/mol. The largest absolute Gasteiger partial charge is 0.350 e. The first-order chi connectivity index (χ1) is 10.4. The molecular formula is C16H22N4O2. The predicted octanol–water partition coefficient (Wildman–Crippen LogP) is 2.57. The van der Waals surface area contributed by atoms with Gasteiger partial charge in [0.1, 0.15) is 0 Å². The summed E-state index contributed by atoms with van der Waals surface area (Å²) < 4.78 is 5.18. The third-order valence-electron chi connectivity index (χ3n) is 3.27. The minimum atomic E-state index is -0.154. The number of carbonyl (C=O) groups excluding carboxylic acids is 1. The average Bonchev–Trinajstić information content (AvgIpc) is 2.95. The van der Waals surface area contributed by atoms with Crippen molar-refractivity contribution >= 4 is 5.91 Å². The van der Waals surface area contributed by atoms with E-state index < -0.39 is 0 Å². The summed E-state index contributed by atoms with van der Waals surface area (Å²) in [6.07, 6.45) is 4.21. The van der Waals surface area contributed by atoms with Crippen LogP contribution in [0.2, 0.25) is 0 Å². The number of nitrogens with one attached hydrogen (secondary N) is 1. The molecule has 6 heteroatoms. The lowest BCUT2D eigenvalue weighted by Gasteiger charge is -2.13. The molecule has 6 nitrogen and oxygen atoms in total. The fraction of sp³-hybridized carbons (Fsp3) is 0.500. The van der Waals surface area contributed by atoms with Crippen molar-refractivity contribution in [3.05, 3.63) is 41.8 Å². The summed E-state index contributed by atoms with van der Waals surface area (Å²) in [5, 5.41) is 6.88. The second kappa shape index (κ2) is 6.68. The standard InChI is InChI=1S/C16H22N4O2/c1-11(12-6-5-9-17-10-12)18-13(21)7-8-14-19-15(20-22-14)16(2,3)4/h5-6,9-11H,7-8H2,1-4H3,(H,18,21)/t11-/m1/s1. The Kier molecular flexibility index (Phi) is 4.90. The highest BCUT2D eigenvalue weighted by molar-refractivity contribution is 5.76. The van der Waals surface area contributed by atoms with Crippen LogP contribution in [0.5, 0.6) is 0 Å². The van der Waals surface area contributed by atoms with Crippen molar-refractivity contribution < 1.29 is 9.32 Å². The molecule has 0 fully saturated rings. The molecule has 0 bridgehead atoms. The van der Waals surface area contributed by atoms with E-state index in [1.165, 1.54) is 0 Å². The van der Waals surface area contributed by atoms with Gasteiger partial charge in [0, 0.05) is 30.7 Å². The average molecular weight is 302 g/mol. The van der Waals surface area contributed by atoms with Crippen molar-refractivity contribution in [3.63, 3.8) is 0 Å². The molecule has 0 aliphatic rings. The highest BCUT2D eigenvalue weighted by Gasteiger charge is 2.21. The summed E-state index contributed by atoms with van der Waals surface area (Å²) in [6.45, 7) is 7.98. The molecule has 2 aromatic heterocycles. The zero-order chi connectivity index (χ0) is 16.2. The molecule has 0 radical (unpaired) electrons. The number of aryl methyl sites for hydroxylation is 1. The Morgan fingerprint density at radius 3 is 2.77 bits per heavy atom. The molecule has 0 saturated carbocycles.